The quantitative estimate of drug-likeness (QED) is 0.335. The summed E-state index contributed by atoms with van der Waals surface area (Å²) in [5.41, 5.74) is 2.51. The van der Waals surface area contributed by atoms with Crippen LogP contribution in [-0.4, -0.2) is 46.8 Å². The predicted molar refractivity (Wildman–Crippen MR) is 157 cm³/mol. The van der Waals surface area contributed by atoms with Crippen molar-refractivity contribution < 1.29 is 23.5 Å². The van der Waals surface area contributed by atoms with Crippen molar-refractivity contribution in [3.8, 4) is 11.5 Å². The second-order valence-electron chi connectivity index (χ2n) is 10.9. The molecule has 0 unspecified atom stereocenters. The van der Waals surface area contributed by atoms with Crippen molar-refractivity contribution in [3.63, 3.8) is 0 Å². The van der Waals surface area contributed by atoms with Gasteiger partial charge in [0.25, 0.3) is 5.91 Å². The van der Waals surface area contributed by atoms with Gasteiger partial charge in [-0.3, -0.25) is 14.5 Å². The Kier molecular flexibility index (Phi) is 8.56. The highest BCUT2D eigenvalue weighted by atomic mass is 19.1. The van der Waals surface area contributed by atoms with Crippen LogP contribution in [0.5, 0.6) is 11.5 Å². The largest absolute Gasteiger partial charge is 0.457 e. The van der Waals surface area contributed by atoms with Gasteiger partial charge in [0, 0.05) is 13.1 Å². The minimum absolute atomic E-state index is 0.127. The average molecular weight is 571 g/mol. The van der Waals surface area contributed by atoms with E-state index in [1.165, 1.54) is 12.1 Å². The second kappa shape index (κ2) is 12.5. The number of hydrogen-bond acceptors (Lipinski definition) is 4. The van der Waals surface area contributed by atoms with Gasteiger partial charge in [0.1, 0.15) is 23.4 Å². The number of nitrogens with zero attached hydrogens (tertiary/aromatic N) is 2. The molecule has 3 aromatic carbocycles. The van der Waals surface area contributed by atoms with E-state index in [2.05, 4.69) is 10.6 Å². The van der Waals surface area contributed by atoms with E-state index in [0.717, 1.165) is 5.56 Å². The SMILES string of the molecule is CCN1C(=O)N[C@@H](c2cccc(Oc3ccccc3)c2)C2=C1CN([C@H](CC(C)C)C(=O)NCc1ccc(F)cc1)C2=O. The number of carbonyl (C=O) groups is 3. The Morgan fingerprint density at radius 2 is 1.74 bits per heavy atom. The molecule has 218 valence electrons. The summed E-state index contributed by atoms with van der Waals surface area (Å²) in [4.78, 5) is 44.0. The number of amides is 4. The average Bonchev–Trinajstić information content (AvgIpc) is 3.32. The van der Waals surface area contributed by atoms with E-state index in [-0.39, 0.29) is 42.7 Å². The Morgan fingerprint density at radius 1 is 1.02 bits per heavy atom. The molecule has 0 saturated heterocycles. The van der Waals surface area contributed by atoms with Crippen molar-refractivity contribution in [2.24, 2.45) is 5.92 Å². The van der Waals surface area contributed by atoms with Crippen LogP contribution >= 0.6 is 0 Å². The molecule has 4 amide bonds. The van der Waals surface area contributed by atoms with Gasteiger partial charge in [-0.1, -0.05) is 56.3 Å². The Labute approximate surface area is 245 Å². The minimum Gasteiger partial charge on any atom is -0.457 e. The number of ether oxygens (including phenoxy) is 1. The zero-order valence-electron chi connectivity index (χ0n) is 24.0. The van der Waals surface area contributed by atoms with Gasteiger partial charge in [-0.05, 0) is 66.8 Å². The lowest BCUT2D eigenvalue weighted by molar-refractivity contribution is -0.137. The molecule has 0 spiro atoms. The van der Waals surface area contributed by atoms with Crippen LogP contribution in [0.15, 0.2) is 90.1 Å². The van der Waals surface area contributed by atoms with Crippen molar-refractivity contribution in [1.82, 2.24) is 20.4 Å². The van der Waals surface area contributed by atoms with Crippen LogP contribution in [0.1, 0.15) is 44.4 Å². The molecule has 2 aliphatic rings. The van der Waals surface area contributed by atoms with Crippen molar-refractivity contribution in [1.29, 1.82) is 0 Å². The third-order valence-electron chi connectivity index (χ3n) is 7.49. The monoisotopic (exact) mass is 570 g/mol. The predicted octanol–water partition coefficient (Wildman–Crippen LogP) is 5.53. The van der Waals surface area contributed by atoms with Gasteiger partial charge in [0.2, 0.25) is 5.91 Å². The van der Waals surface area contributed by atoms with Crippen molar-refractivity contribution >= 4 is 17.8 Å². The molecule has 2 heterocycles. The molecule has 0 bridgehead atoms. The molecule has 5 rings (SSSR count). The van der Waals surface area contributed by atoms with E-state index in [1.807, 2.05) is 75.4 Å². The van der Waals surface area contributed by atoms with E-state index in [9.17, 15) is 18.8 Å². The molecule has 2 N–H and O–H groups in total. The van der Waals surface area contributed by atoms with Crippen LogP contribution in [-0.2, 0) is 16.1 Å². The van der Waals surface area contributed by atoms with Crippen LogP contribution in [0, 0.1) is 11.7 Å². The highest BCUT2D eigenvalue weighted by Gasteiger charge is 2.46. The van der Waals surface area contributed by atoms with Gasteiger partial charge in [0.05, 0.1) is 23.9 Å². The second-order valence-corrected chi connectivity index (χ2v) is 10.9. The molecule has 0 fully saturated rings. The number of halogens is 1. The molecular weight excluding hydrogens is 535 g/mol. The van der Waals surface area contributed by atoms with Gasteiger partial charge in [-0.15, -0.1) is 0 Å². The lowest BCUT2D eigenvalue weighted by Crippen LogP contribution is -2.49. The maximum absolute atomic E-state index is 14.1. The molecule has 0 aromatic heterocycles. The molecule has 0 radical (unpaired) electrons. The van der Waals surface area contributed by atoms with E-state index in [0.29, 0.717) is 41.3 Å². The van der Waals surface area contributed by atoms with Gasteiger partial charge in [-0.2, -0.15) is 0 Å². The molecule has 9 heteroatoms. The van der Waals surface area contributed by atoms with Crippen molar-refractivity contribution in [3.05, 3.63) is 107 Å². The summed E-state index contributed by atoms with van der Waals surface area (Å²) in [7, 11) is 0. The molecule has 8 nitrogen and oxygen atoms in total. The Balaban J connectivity index is 1.42. The van der Waals surface area contributed by atoms with Gasteiger partial charge in [0.15, 0.2) is 0 Å². The number of likely N-dealkylation sites (N-methyl/N-ethyl adjacent to an activating group) is 1. The van der Waals surface area contributed by atoms with Crippen LogP contribution in [0.4, 0.5) is 9.18 Å². The summed E-state index contributed by atoms with van der Waals surface area (Å²) < 4.78 is 19.4. The summed E-state index contributed by atoms with van der Waals surface area (Å²) in [6, 6.07) is 20.9. The number of rotatable bonds is 10. The third kappa shape index (κ3) is 6.15. The minimum atomic E-state index is -0.745. The number of urea groups is 1. The summed E-state index contributed by atoms with van der Waals surface area (Å²) in [6.07, 6.45) is 0.445. The molecule has 2 aliphatic heterocycles. The fourth-order valence-corrected chi connectivity index (χ4v) is 5.46. The van der Waals surface area contributed by atoms with Gasteiger partial charge in [-0.25, -0.2) is 9.18 Å². The van der Waals surface area contributed by atoms with E-state index < -0.39 is 12.1 Å². The van der Waals surface area contributed by atoms with Crippen LogP contribution in [0.2, 0.25) is 0 Å². The first-order chi connectivity index (χ1) is 20.2. The first kappa shape index (κ1) is 28.9. The van der Waals surface area contributed by atoms with E-state index in [4.69, 9.17) is 4.74 Å². The zero-order chi connectivity index (χ0) is 29.8. The molecular formula is C33H35FN4O4. The van der Waals surface area contributed by atoms with Crippen LogP contribution in [0.25, 0.3) is 0 Å². The zero-order valence-corrected chi connectivity index (χ0v) is 24.0. The maximum Gasteiger partial charge on any atom is 0.322 e. The molecule has 0 saturated carbocycles. The number of hydrogen-bond donors (Lipinski definition) is 2. The van der Waals surface area contributed by atoms with E-state index >= 15 is 0 Å². The highest BCUT2D eigenvalue weighted by molar-refractivity contribution is 6.03. The summed E-state index contributed by atoms with van der Waals surface area (Å²) in [5, 5.41) is 5.93. The number of carbonyl (C=O) groups excluding carboxylic acids is 3. The van der Waals surface area contributed by atoms with Gasteiger partial charge < -0.3 is 20.3 Å². The summed E-state index contributed by atoms with van der Waals surface area (Å²) in [5.74, 6) is 0.446. The maximum atomic E-state index is 14.1. The Bertz CT molecular complexity index is 1490. The van der Waals surface area contributed by atoms with Gasteiger partial charge >= 0.3 is 6.03 Å². The molecule has 2 atom stereocenters. The van der Waals surface area contributed by atoms with Crippen LogP contribution in [0.3, 0.4) is 0 Å². The normalized spacial score (nSPS) is 17.3. The Morgan fingerprint density at radius 3 is 2.43 bits per heavy atom. The summed E-state index contributed by atoms with van der Waals surface area (Å²) >= 11 is 0. The smallest absolute Gasteiger partial charge is 0.322 e. The molecule has 0 aliphatic carbocycles. The summed E-state index contributed by atoms with van der Waals surface area (Å²) in [6.45, 7) is 6.58. The lowest BCUT2D eigenvalue weighted by atomic mass is 9.95. The van der Waals surface area contributed by atoms with Crippen LogP contribution < -0.4 is 15.4 Å². The lowest BCUT2D eigenvalue weighted by Gasteiger charge is -2.33. The number of para-hydroxylation sites is 1. The number of benzene rings is 3. The molecule has 42 heavy (non-hydrogen) atoms. The third-order valence-corrected chi connectivity index (χ3v) is 7.49. The number of nitrogens with one attached hydrogen (secondary N) is 2. The first-order valence-corrected chi connectivity index (χ1v) is 14.2. The Hall–Kier alpha value is -4.66. The van der Waals surface area contributed by atoms with Crippen molar-refractivity contribution in [2.45, 2.75) is 45.8 Å². The van der Waals surface area contributed by atoms with Crippen molar-refractivity contribution in [2.75, 3.05) is 13.1 Å². The van der Waals surface area contributed by atoms with E-state index in [1.54, 1.807) is 21.9 Å². The fourth-order valence-electron chi connectivity index (χ4n) is 5.46. The highest BCUT2D eigenvalue weighted by Crippen LogP contribution is 2.38. The first-order valence-electron chi connectivity index (χ1n) is 14.2. The fraction of sp³-hybridized carbons (Fsp3) is 0.303. The topological polar surface area (TPSA) is 91.0 Å². The standard InChI is InChI=1S/C33H35FN4O4/c1-4-37-28-20-38(27(17-21(2)3)31(39)35-19-22-13-15-24(34)16-14-22)32(40)29(28)30(36-33(37)41)23-9-8-12-26(18-23)42-25-10-6-5-7-11-25/h5-16,18,21,27,30H,4,17,19-20H2,1-3H3,(H,35,39)(H,36,41)/t27-,30+/m1/s1. The molecule has 3 aromatic rings.